The first-order valence-corrected chi connectivity index (χ1v) is 11.6. The average molecular weight is 430 g/mol. The van der Waals surface area contributed by atoms with Crippen molar-refractivity contribution in [1.82, 2.24) is 4.72 Å². The van der Waals surface area contributed by atoms with E-state index in [1.54, 1.807) is 17.0 Å². The largest absolute Gasteiger partial charge is 0.326 e. The van der Waals surface area contributed by atoms with E-state index in [4.69, 9.17) is 0 Å². The molecule has 0 unspecified atom stereocenters. The lowest BCUT2D eigenvalue weighted by molar-refractivity contribution is -0.122. The standard InChI is InChI=1S/C22H27N3O4S/c1-3-13-23-30(28,29)20-11-7-18(8-12-20)24-22(27)17-14-21(26)25(15-17)19-9-5-16(4-2)6-10-19/h5-12,17,23H,3-4,13-15H2,1-2H3,(H,24,27)/t17-/m0/s1. The highest BCUT2D eigenvalue weighted by Gasteiger charge is 2.35. The predicted octanol–water partition coefficient (Wildman–Crippen LogP) is 2.93. The molecule has 1 saturated heterocycles. The molecule has 0 aromatic heterocycles. The van der Waals surface area contributed by atoms with Gasteiger partial charge in [0, 0.05) is 30.9 Å². The van der Waals surface area contributed by atoms with Crippen LogP contribution >= 0.6 is 0 Å². The van der Waals surface area contributed by atoms with Crippen LogP contribution in [0.25, 0.3) is 0 Å². The van der Waals surface area contributed by atoms with Crippen LogP contribution in [0.3, 0.4) is 0 Å². The fraction of sp³-hybridized carbons (Fsp3) is 0.364. The molecule has 1 atom stereocenters. The average Bonchev–Trinajstić information content (AvgIpc) is 3.14. The molecule has 0 aliphatic carbocycles. The number of amides is 2. The Morgan fingerprint density at radius 1 is 1.07 bits per heavy atom. The van der Waals surface area contributed by atoms with Crippen LogP contribution in [0.2, 0.25) is 0 Å². The van der Waals surface area contributed by atoms with Gasteiger partial charge in [-0.15, -0.1) is 0 Å². The fourth-order valence-electron chi connectivity index (χ4n) is 3.33. The molecule has 0 spiro atoms. The zero-order chi connectivity index (χ0) is 21.7. The molecule has 2 aromatic carbocycles. The Kier molecular flexibility index (Phi) is 6.89. The molecule has 1 aliphatic rings. The summed E-state index contributed by atoms with van der Waals surface area (Å²) in [5.74, 6) is -0.795. The molecule has 8 heteroatoms. The topological polar surface area (TPSA) is 95.6 Å². The van der Waals surface area contributed by atoms with Crippen molar-refractivity contribution in [1.29, 1.82) is 0 Å². The van der Waals surface area contributed by atoms with Crippen molar-refractivity contribution in [2.24, 2.45) is 5.92 Å². The van der Waals surface area contributed by atoms with Gasteiger partial charge in [-0.25, -0.2) is 13.1 Å². The van der Waals surface area contributed by atoms with E-state index in [9.17, 15) is 18.0 Å². The third-order valence-corrected chi connectivity index (χ3v) is 6.60. The first-order valence-electron chi connectivity index (χ1n) is 10.1. The van der Waals surface area contributed by atoms with E-state index in [0.717, 1.165) is 12.1 Å². The van der Waals surface area contributed by atoms with E-state index < -0.39 is 15.9 Å². The zero-order valence-corrected chi connectivity index (χ0v) is 18.0. The lowest BCUT2D eigenvalue weighted by atomic mass is 10.1. The summed E-state index contributed by atoms with van der Waals surface area (Å²) in [6.07, 6.45) is 1.77. The number of nitrogens with zero attached hydrogens (tertiary/aromatic N) is 1. The Morgan fingerprint density at radius 3 is 2.33 bits per heavy atom. The van der Waals surface area contributed by atoms with E-state index in [0.29, 0.717) is 25.2 Å². The summed E-state index contributed by atoms with van der Waals surface area (Å²) >= 11 is 0. The highest BCUT2D eigenvalue weighted by atomic mass is 32.2. The van der Waals surface area contributed by atoms with Crippen LogP contribution in [-0.4, -0.2) is 33.3 Å². The van der Waals surface area contributed by atoms with Gasteiger partial charge in [0.15, 0.2) is 0 Å². The molecule has 1 heterocycles. The Labute approximate surface area is 177 Å². The summed E-state index contributed by atoms with van der Waals surface area (Å²) < 4.78 is 26.8. The van der Waals surface area contributed by atoms with E-state index in [2.05, 4.69) is 17.0 Å². The van der Waals surface area contributed by atoms with Crippen molar-refractivity contribution in [3.63, 3.8) is 0 Å². The molecular weight excluding hydrogens is 402 g/mol. The molecule has 2 amide bonds. The molecule has 1 aliphatic heterocycles. The van der Waals surface area contributed by atoms with Gasteiger partial charge in [0.25, 0.3) is 0 Å². The van der Waals surface area contributed by atoms with Gasteiger partial charge in [0.05, 0.1) is 10.8 Å². The van der Waals surface area contributed by atoms with E-state index in [1.165, 1.54) is 17.7 Å². The fourth-order valence-corrected chi connectivity index (χ4v) is 4.46. The quantitative estimate of drug-likeness (QED) is 0.674. The Morgan fingerprint density at radius 2 is 1.73 bits per heavy atom. The van der Waals surface area contributed by atoms with Gasteiger partial charge >= 0.3 is 0 Å². The SMILES string of the molecule is CCCNS(=O)(=O)c1ccc(NC(=O)[C@H]2CC(=O)N(c3ccc(CC)cc3)C2)cc1. The summed E-state index contributed by atoms with van der Waals surface area (Å²) in [7, 11) is -3.55. The number of nitrogens with one attached hydrogen (secondary N) is 2. The molecular formula is C22H27N3O4S. The van der Waals surface area contributed by atoms with Gasteiger partial charge in [-0.05, 0) is 54.8 Å². The lowest BCUT2D eigenvalue weighted by Gasteiger charge is -2.17. The number of hydrogen-bond donors (Lipinski definition) is 2. The van der Waals surface area contributed by atoms with Crippen LogP contribution < -0.4 is 14.9 Å². The van der Waals surface area contributed by atoms with Gasteiger partial charge in [-0.3, -0.25) is 9.59 Å². The van der Waals surface area contributed by atoms with Gasteiger partial charge < -0.3 is 10.2 Å². The van der Waals surface area contributed by atoms with Crippen LogP contribution in [-0.2, 0) is 26.0 Å². The molecule has 7 nitrogen and oxygen atoms in total. The van der Waals surface area contributed by atoms with Crippen LogP contribution in [0, 0.1) is 5.92 Å². The summed E-state index contributed by atoms with van der Waals surface area (Å²) in [6.45, 7) is 4.65. The Bertz CT molecular complexity index is 1000. The molecule has 2 aromatic rings. The predicted molar refractivity (Wildman–Crippen MR) is 117 cm³/mol. The number of aryl methyl sites for hydroxylation is 1. The number of sulfonamides is 1. The van der Waals surface area contributed by atoms with Crippen LogP contribution in [0.1, 0.15) is 32.3 Å². The second-order valence-electron chi connectivity index (χ2n) is 7.34. The van der Waals surface area contributed by atoms with Crippen molar-refractivity contribution < 1.29 is 18.0 Å². The second-order valence-corrected chi connectivity index (χ2v) is 9.10. The number of carbonyl (C=O) groups excluding carboxylic acids is 2. The number of carbonyl (C=O) groups is 2. The first kappa shape index (κ1) is 22.0. The third-order valence-electron chi connectivity index (χ3n) is 5.13. The van der Waals surface area contributed by atoms with Crippen LogP contribution in [0.5, 0.6) is 0 Å². The van der Waals surface area contributed by atoms with E-state index in [-0.39, 0.29) is 23.1 Å². The normalized spacial score (nSPS) is 16.7. The summed E-state index contributed by atoms with van der Waals surface area (Å²) in [6, 6.07) is 13.8. The summed E-state index contributed by atoms with van der Waals surface area (Å²) in [4.78, 5) is 26.8. The summed E-state index contributed by atoms with van der Waals surface area (Å²) in [5, 5.41) is 2.78. The zero-order valence-electron chi connectivity index (χ0n) is 17.2. The van der Waals surface area contributed by atoms with Crippen molar-refractivity contribution >= 4 is 33.2 Å². The van der Waals surface area contributed by atoms with Gasteiger partial charge in [0.1, 0.15) is 0 Å². The highest BCUT2D eigenvalue weighted by Crippen LogP contribution is 2.26. The number of rotatable bonds is 8. The second kappa shape index (κ2) is 9.40. The van der Waals surface area contributed by atoms with Crippen molar-refractivity contribution in [3.05, 3.63) is 54.1 Å². The van der Waals surface area contributed by atoms with Gasteiger partial charge in [-0.1, -0.05) is 26.0 Å². The van der Waals surface area contributed by atoms with Crippen LogP contribution in [0.4, 0.5) is 11.4 Å². The van der Waals surface area contributed by atoms with E-state index in [1.807, 2.05) is 31.2 Å². The van der Waals surface area contributed by atoms with Crippen molar-refractivity contribution in [3.8, 4) is 0 Å². The maximum absolute atomic E-state index is 12.6. The Balaban J connectivity index is 1.62. The minimum Gasteiger partial charge on any atom is -0.326 e. The lowest BCUT2D eigenvalue weighted by Crippen LogP contribution is -2.28. The molecule has 0 radical (unpaired) electrons. The first-order chi connectivity index (χ1) is 14.3. The van der Waals surface area contributed by atoms with Crippen LogP contribution in [0.15, 0.2) is 53.4 Å². The molecule has 30 heavy (non-hydrogen) atoms. The van der Waals surface area contributed by atoms with Gasteiger partial charge in [-0.2, -0.15) is 0 Å². The van der Waals surface area contributed by atoms with Crippen molar-refractivity contribution in [2.45, 2.75) is 38.0 Å². The molecule has 2 N–H and O–H groups in total. The maximum atomic E-state index is 12.6. The Hall–Kier alpha value is -2.71. The highest BCUT2D eigenvalue weighted by molar-refractivity contribution is 7.89. The maximum Gasteiger partial charge on any atom is 0.240 e. The van der Waals surface area contributed by atoms with E-state index >= 15 is 0 Å². The minimum absolute atomic E-state index is 0.0807. The van der Waals surface area contributed by atoms with Crippen molar-refractivity contribution in [2.75, 3.05) is 23.3 Å². The summed E-state index contributed by atoms with van der Waals surface area (Å²) in [5.41, 5.74) is 2.48. The van der Waals surface area contributed by atoms with Gasteiger partial charge in [0.2, 0.25) is 21.8 Å². The smallest absolute Gasteiger partial charge is 0.240 e. The number of benzene rings is 2. The molecule has 3 rings (SSSR count). The molecule has 1 fully saturated rings. The molecule has 160 valence electrons. The third kappa shape index (κ3) is 5.06. The molecule has 0 saturated carbocycles. The monoisotopic (exact) mass is 429 g/mol. The molecule has 0 bridgehead atoms. The number of hydrogen-bond acceptors (Lipinski definition) is 4. The minimum atomic E-state index is -3.55. The number of anilines is 2.